The molecule has 0 spiro atoms. The molecule has 2 rings (SSSR count). The SMILES string of the molecule is COC1=C(C=NCCCN=Cc2ccccc2OC)C=CC=PC1. The zero-order valence-electron chi connectivity index (χ0n) is 14.2. The second kappa shape index (κ2) is 10.6. The van der Waals surface area contributed by atoms with Crippen LogP contribution in [0, 0.1) is 0 Å². The van der Waals surface area contributed by atoms with Crippen LogP contribution in [0.2, 0.25) is 0 Å². The van der Waals surface area contributed by atoms with Crippen LogP contribution in [0.15, 0.2) is 57.7 Å². The first-order valence-electron chi connectivity index (χ1n) is 7.91. The van der Waals surface area contributed by atoms with E-state index in [1.807, 2.05) is 48.8 Å². The van der Waals surface area contributed by atoms with Crippen molar-refractivity contribution in [2.75, 3.05) is 33.5 Å². The lowest BCUT2D eigenvalue weighted by Gasteiger charge is -2.04. The predicted molar refractivity (Wildman–Crippen MR) is 104 cm³/mol. The van der Waals surface area contributed by atoms with Crippen molar-refractivity contribution in [1.82, 2.24) is 0 Å². The number of nitrogens with zero attached hydrogens (tertiary/aromatic N) is 2. The number of hydrogen-bond donors (Lipinski definition) is 0. The lowest BCUT2D eigenvalue weighted by molar-refractivity contribution is 0.294. The minimum absolute atomic E-state index is 0.744. The van der Waals surface area contributed by atoms with E-state index in [0.29, 0.717) is 0 Å². The van der Waals surface area contributed by atoms with E-state index in [-0.39, 0.29) is 0 Å². The Hall–Kier alpha value is -2.19. The van der Waals surface area contributed by atoms with Gasteiger partial charge < -0.3 is 9.47 Å². The van der Waals surface area contributed by atoms with E-state index in [9.17, 15) is 0 Å². The van der Waals surface area contributed by atoms with E-state index in [2.05, 4.69) is 15.8 Å². The smallest absolute Gasteiger partial charge is 0.127 e. The number of ether oxygens (including phenoxy) is 2. The van der Waals surface area contributed by atoms with Crippen LogP contribution in [-0.2, 0) is 4.74 Å². The number of methoxy groups -OCH3 is 2. The van der Waals surface area contributed by atoms with E-state index in [4.69, 9.17) is 9.47 Å². The summed E-state index contributed by atoms with van der Waals surface area (Å²) in [6, 6.07) is 7.86. The molecule has 0 saturated heterocycles. The summed E-state index contributed by atoms with van der Waals surface area (Å²) in [5.74, 6) is 3.95. The number of benzene rings is 1. The van der Waals surface area contributed by atoms with Crippen molar-refractivity contribution < 1.29 is 9.47 Å². The first-order chi connectivity index (χ1) is 11.8. The van der Waals surface area contributed by atoms with Gasteiger partial charge in [-0.15, -0.1) is 0 Å². The lowest BCUT2D eigenvalue weighted by atomic mass is 10.2. The normalized spacial score (nSPS) is 15.2. The van der Waals surface area contributed by atoms with E-state index >= 15 is 0 Å². The van der Waals surface area contributed by atoms with Gasteiger partial charge in [0.1, 0.15) is 11.5 Å². The van der Waals surface area contributed by atoms with Gasteiger partial charge in [0, 0.05) is 42.8 Å². The molecular formula is C19H23N2O2P. The van der Waals surface area contributed by atoms with Gasteiger partial charge in [-0.1, -0.05) is 26.4 Å². The number of allylic oxidation sites excluding steroid dienone is 4. The third-order valence-electron chi connectivity index (χ3n) is 3.44. The summed E-state index contributed by atoms with van der Waals surface area (Å²) in [5.41, 5.74) is 2.05. The Morgan fingerprint density at radius 3 is 2.67 bits per heavy atom. The van der Waals surface area contributed by atoms with Crippen LogP contribution >= 0.6 is 8.20 Å². The molecule has 1 aromatic rings. The summed E-state index contributed by atoms with van der Waals surface area (Å²) >= 11 is 0. The fourth-order valence-corrected chi connectivity index (χ4v) is 2.97. The van der Waals surface area contributed by atoms with Gasteiger partial charge in [-0.05, 0) is 30.4 Å². The van der Waals surface area contributed by atoms with Crippen LogP contribution in [0.4, 0.5) is 0 Å². The molecule has 1 heterocycles. The van der Waals surface area contributed by atoms with Crippen molar-refractivity contribution in [2.45, 2.75) is 6.42 Å². The van der Waals surface area contributed by atoms with E-state index in [1.54, 1.807) is 14.2 Å². The highest BCUT2D eigenvalue weighted by molar-refractivity contribution is 7.39. The van der Waals surface area contributed by atoms with Gasteiger partial charge in [0.05, 0.1) is 14.2 Å². The van der Waals surface area contributed by atoms with Crippen molar-refractivity contribution in [3.05, 3.63) is 53.3 Å². The van der Waals surface area contributed by atoms with Gasteiger partial charge in [0.15, 0.2) is 0 Å². The second-order valence-corrected chi connectivity index (χ2v) is 6.08. The van der Waals surface area contributed by atoms with Crippen LogP contribution in [-0.4, -0.2) is 51.7 Å². The molecular weight excluding hydrogens is 319 g/mol. The molecule has 0 fully saturated rings. The molecule has 126 valence electrons. The monoisotopic (exact) mass is 342 g/mol. The van der Waals surface area contributed by atoms with Gasteiger partial charge in [-0.25, -0.2) is 0 Å². The zero-order valence-corrected chi connectivity index (χ0v) is 15.1. The summed E-state index contributed by atoms with van der Waals surface area (Å²) in [6.07, 6.45) is 9.65. The van der Waals surface area contributed by atoms with E-state index in [1.165, 1.54) is 8.20 Å². The van der Waals surface area contributed by atoms with Crippen LogP contribution in [0.25, 0.3) is 0 Å². The van der Waals surface area contributed by atoms with Crippen molar-refractivity contribution in [3.63, 3.8) is 0 Å². The van der Waals surface area contributed by atoms with Crippen molar-refractivity contribution >= 4 is 26.4 Å². The molecule has 1 aromatic carbocycles. The average Bonchev–Trinajstić information content (AvgIpc) is 2.86. The Bertz CT molecular complexity index is 676. The van der Waals surface area contributed by atoms with Crippen molar-refractivity contribution in [2.24, 2.45) is 9.98 Å². The largest absolute Gasteiger partial charge is 0.500 e. The molecule has 0 saturated carbocycles. The van der Waals surface area contributed by atoms with Gasteiger partial charge in [0.25, 0.3) is 0 Å². The van der Waals surface area contributed by atoms with Gasteiger partial charge in [0.2, 0.25) is 0 Å². The number of rotatable bonds is 8. The maximum Gasteiger partial charge on any atom is 0.127 e. The number of hydrogen-bond acceptors (Lipinski definition) is 4. The van der Waals surface area contributed by atoms with Crippen LogP contribution in [0.5, 0.6) is 5.75 Å². The predicted octanol–water partition coefficient (Wildman–Crippen LogP) is 3.79. The third-order valence-corrected chi connectivity index (χ3v) is 4.30. The highest BCUT2D eigenvalue weighted by Gasteiger charge is 2.03. The van der Waals surface area contributed by atoms with Crippen LogP contribution < -0.4 is 4.74 Å². The molecule has 0 aliphatic carbocycles. The van der Waals surface area contributed by atoms with E-state index < -0.39 is 0 Å². The highest BCUT2D eigenvalue weighted by Crippen LogP contribution is 2.15. The summed E-state index contributed by atoms with van der Waals surface area (Å²) < 4.78 is 10.7. The number of aliphatic imine (C=N–C) groups is 2. The minimum Gasteiger partial charge on any atom is -0.500 e. The Morgan fingerprint density at radius 1 is 1.08 bits per heavy atom. The fraction of sp³-hybridized carbons (Fsp3) is 0.316. The fourth-order valence-electron chi connectivity index (χ4n) is 2.18. The minimum atomic E-state index is 0.744. The Balaban J connectivity index is 1.78. The van der Waals surface area contributed by atoms with Crippen molar-refractivity contribution in [3.8, 4) is 5.75 Å². The lowest BCUT2D eigenvalue weighted by Crippen LogP contribution is -1.96. The first-order valence-corrected chi connectivity index (χ1v) is 9.06. The molecule has 0 aromatic heterocycles. The number of para-hydroxylation sites is 1. The van der Waals surface area contributed by atoms with E-state index in [0.717, 1.165) is 48.3 Å². The summed E-state index contributed by atoms with van der Waals surface area (Å²) in [7, 11) is 4.63. The third kappa shape index (κ3) is 5.78. The molecule has 1 aliphatic rings. The molecule has 0 unspecified atom stereocenters. The van der Waals surface area contributed by atoms with Gasteiger partial charge >= 0.3 is 0 Å². The summed E-state index contributed by atoms with van der Waals surface area (Å²) in [5, 5.41) is 0. The van der Waals surface area contributed by atoms with Gasteiger partial charge in [-0.2, -0.15) is 0 Å². The topological polar surface area (TPSA) is 43.2 Å². The maximum absolute atomic E-state index is 5.42. The quantitative estimate of drug-likeness (QED) is 0.410. The van der Waals surface area contributed by atoms with Gasteiger partial charge in [-0.3, -0.25) is 9.98 Å². The first kappa shape index (κ1) is 18.2. The standard InChI is InChI=1S/C19H23N2O2P/c1-22-18-9-4-3-7-16(18)13-20-10-6-11-21-14-17-8-5-12-24-15-19(17)23-2/h3-5,7-9,12-14H,6,10-11,15H2,1-2H3. The van der Waals surface area contributed by atoms with Crippen LogP contribution in [0.1, 0.15) is 12.0 Å². The Labute approximate surface area is 145 Å². The molecule has 0 atom stereocenters. The maximum atomic E-state index is 5.42. The van der Waals surface area contributed by atoms with Crippen LogP contribution in [0.3, 0.4) is 0 Å². The molecule has 1 aliphatic heterocycles. The summed E-state index contributed by atoms with van der Waals surface area (Å²) in [6.45, 7) is 1.49. The highest BCUT2D eigenvalue weighted by atomic mass is 31.1. The Morgan fingerprint density at radius 2 is 1.88 bits per heavy atom. The molecule has 0 bridgehead atoms. The zero-order chi connectivity index (χ0) is 17.0. The molecule has 5 heteroatoms. The van der Waals surface area contributed by atoms with Crippen molar-refractivity contribution in [1.29, 1.82) is 0 Å². The molecule has 0 radical (unpaired) electrons. The molecule has 0 N–H and O–H groups in total. The second-order valence-electron chi connectivity index (χ2n) is 5.10. The average molecular weight is 342 g/mol. The molecule has 24 heavy (non-hydrogen) atoms. The Kier molecular flexibility index (Phi) is 7.99. The summed E-state index contributed by atoms with van der Waals surface area (Å²) in [4.78, 5) is 8.93. The molecule has 0 amide bonds. The molecule has 4 nitrogen and oxygen atoms in total.